The highest BCUT2D eigenvalue weighted by molar-refractivity contribution is 7.89. The van der Waals surface area contributed by atoms with Crippen LogP contribution >= 0.6 is 0 Å². The Balaban J connectivity index is 2.01. The highest BCUT2D eigenvalue weighted by atomic mass is 32.2. The largest absolute Gasteiger partial charge is 0.356 e. The Labute approximate surface area is 190 Å². The molecule has 2 amide bonds. The molecule has 1 unspecified atom stereocenters. The van der Waals surface area contributed by atoms with E-state index in [-0.39, 0.29) is 35.4 Å². The van der Waals surface area contributed by atoms with E-state index in [9.17, 15) is 18.0 Å². The molecular weight excluding hydrogens is 426 g/mol. The van der Waals surface area contributed by atoms with Crippen molar-refractivity contribution in [1.29, 1.82) is 0 Å². The molecule has 0 spiro atoms. The fraction of sp³-hybridized carbons (Fsp3) is 0.417. The van der Waals surface area contributed by atoms with Crippen LogP contribution in [-0.2, 0) is 26.0 Å². The fourth-order valence-corrected chi connectivity index (χ4v) is 5.88. The third kappa shape index (κ3) is 5.37. The number of hydrogen-bond acceptors (Lipinski definition) is 4. The van der Waals surface area contributed by atoms with Crippen molar-refractivity contribution in [3.05, 3.63) is 59.2 Å². The zero-order chi connectivity index (χ0) is 23.3. The summed E-state index contributed by atoms with van der Waals surface area (Å²) < 4.78 is 29.1. The Morgan fingerprint density at radius 2 is 1.91 bits per heavy atom. The molecule has 0 bridgehead atoms. The van der Waals surface area contributed by atoms with E-state index in [1.54, 1.807) is 25.1 Å². The number of benzene rings is 2. The first kappa shape index (κ1) is 23.9. The Morgan fingerprint density at radius 3 is 2.62 bits per heavy atom. The summed E-state index contributed by atoms with van der Waals surface area (Å²) in [7, 11) is -3.98. The lowest BCUT2D eigenvalue weighted by molar-refractivity contribution is -0.122. The monoisotopic (exact) mass is 457 g/mol. The van der Waals surface area contributed by atoms with E-state index < -0.39 is 16.1 Å². The van der Waals surface area contributed by atoms with Crippen molar-refractivity contribution in [1.82, 2.24) is 9.62 Å². The van der Waals surface area contributed by atoms with Gasteiger partial charge in [0.1, 0.15) is 4.90 Å². The third-order valence-corrected chi connectivity index (χ3v) is 7.58. The molecule has 2 aromatic carbocycles. The average Bonchev–Trinajstić information content (AvgIpc) is 2.75. The molecule has 0 saturated heterocycles. The number of rotatable bonds is 8. The quantitative estimate of drug-likeness (QED) is 0.593. The Hall–Kier alpha value is -2.71. The van der Waals surface area contributed by atoms with Crippen LogP contribution in [0.25, 0.3) is 0 Å². The van der Waals surface area contributed by atoms with E-state index in [1.807, 2.05) is 31.2 Å². The molecule has 0 saturated carbocycles. The third-order valence-electron chi connectivity index (χ3n) is 5.63. The van der Waals surface area contributed by atoms with Crippen LogP contribution in [-0.4, -0.2) is 37.6 Å². The van der Waals surface area contributed by atoms with Crippen LogP contribution in [0.3, 0.4) is 0 Å². The minimum absolute atomic E-state index is 0.0429. The highest BCUT2D eigenvalue weighted by Crippen LogP contribution is 2.38. The average molecular weight is 458 g/mol. The number of sulfonamides is 1. The van der Waals surface area contributed by atoms with Gasteiger partial charge in [-0.3, -0.25) is 9.59 Å². The molecular formula is C24H31N3O4S. The standard InChI is InChI=1S/C24H31N3O4S/c1-4-5-13-25-24(29)16-22-20-9-7-6-8-19(20)12-14-27(22)32(30,31)23-15-17(2)10-11-21(23)26-18(3)28/h6-11,15,22H,4-5,12-14,16H2,1-3H3,(H,25,29)(H,26,28). The van der Waals surface area contributed by atoms with Crippen molar-refractivity contribution in [2.45, 2.75) is 57.4 Å². The summed E-state index contributed by atoms with van der Waals surface area (Å²) in [6.45, 7) is 6.03. The number of anilines is 1. The van der Waals surface area contributed by atoms with Gasteiger partial charge in [0.25, 0.3) is 0 Å². The van der Waals surface area contributed by atoms with E-state index in [2.05, 4.69) is 10.6 Å². The number of aryl methyl sites for hydroxylation is 1. The smallest absolute Gasteiger partial charge is 0.245 e. The number of carbonyl (C=O) groups is 2. The van der Waals surface area contributed by atoms with Crippen LogP contribution in [0.5, 0.6) is 0 Å². The minimum atomic E-state index is -3.98. The van der Waals surface area contributed by atoms with Crippen LogP contribution in [0.4, 0.5) is 5.69 Å². The molecule has 8 heteroatoms. The van der Waals surface area contributed by atoms with Gasteiger partial charge in [0.15, 0.2) is 0 Å². The molecule has 2 N–H and O–H groups in total. The van der Waals surface area contributed by atoms with Crippen molar-refractivity contribution in [3.8, 4) is 0 Å². The number of unbranched alkanes of at least 4 members (excludes halogenated alkanes) is 1. The summed E-state index contributed by atoms with van der Waals surface area (Å²) >= 11 is 0. The first-order valence-electron chi connectivity index (χ1n) is 11.0. The molecule has 32 heavy (non-hydrogen) atoms. The van der Waals surface area contributed by atoms with Crippen LogP contribution in [0, 0.1) is 6.92 Å². The lowest BCUT2D eigenvalue weighted by Crippen LogP contribution is -2.42. The van der Waals surface area contributed by atoms with Gasteiger partial charge in [-0.25, -0.2) is 8.42 Å². The van der Waals surface area contributed by atoms with Crippen molar-refractivity contribution in [3.63, 3.8) is 0 Å². The second kappa shape index (κ2) is 10.3. The predicted octanol–water partition coefficient (Wildman–Crippen LogP) is 3.55. The van der Waals surface area contributed by atoms with Gasteiger partial charge in [-0.1, -0.05) is 43.7 Å². The molecule has 7 nitrogen and oxygen atoms in total. The number of amides is 2. The summed E-state index contributed by atoms with van der Waals surface area (Å²) in [5.41, 5.74) is 2.91. The maximum absolute atomic E-state index is 13.8. The van der Waals surface area contributed by atoms with E-state index in [0.717, 1.165) is 29.5 Å². The maximum atomic E-state index is 13.8. The SMILES string of the molecule is CCCCNC(=O)CC1c2ccccc2CCN1S(=O)(=O)c1cc(C)ccc1NC(C)=O. The summed E-state index contributed by atoms with van der Waals surface area (Å²) in [6.07, 6.45) is 2.44. The second-order valence-corrected chi connectivity index (χ2v) is 10.0. The van der Waals surface area contributed by atoms with E-state index in [1.165, 1.54) is 11.2 Å². The van der Waals surface area contributed by atoms with Gasteiger partial charge < -0.3 is 10.6 Å². The van der Waals surface area contributed by atoms with Gasteiger partial charge in [-0.15, -0.1) is 0 Å². The lowest BCUT2D eigenvalue weighted by Gasteiger charge is -2.36. The van der Waals surface area contributed by atoms with E-state index in [4.69, 9.17) is 0 Å². The minimum Gasteiger partial charge on any atom is -0.356 e. The summed E-state index contributed by atoms with van der Waals surface area (Å²) in [5.74, 6) is -0.521. The molecule has 3 rings (SSSR count). The van der Waals surface area contributed by atoms with E-state index in [0.29, 0.717) is 13.0 Å². The second-order valence-electron chi connectivity index (χ2n) is 8.17. The molecule has 0 radical (unpaired) electrons. The molecule has 1 atom stereocenters. The maximum Gasteiger partial charge on any atom is 0.245 e. The summed E-state index contributed by atoms with van der Waals surface area (Å²) in [5, 5.41) is 5.53. The summed E-state index contributed by atoms with van der Waals surface area (Å²) in [4.78, 5) is 24.4. The van der Waals surface area contributed by atoms with Gasteiger partial charge in [0, 0.05) is 26.4 Å². The predicted molar refractivity (Wildman–Crippen MR) is 125 cm³/mol. The van der Waals surface area contributed by atoms with Crippen LogP contribution < -0.4 is 10.6 Å². The molecule has 172 valence electrons. The zero-order valence-electron chi connectivity index (χ0n) is 18.8. The fourth-order valence-electron chi connectivity index (χ4n) is 4.04. The van der Waals surface area contributed by atoms with Crippen LogP contribution in [0.2, 0.25) is 0 Å². The molecule has 0 fully saturated rings. The highest BCUT2D eigenvalue weighted by Gasteiger charge is 2.38. The molecule has 1 heterocycles. The topological polar surface area (TPSA) is 95.6 Å². The van der Waals surface area contributed by atoms with Gasteiger partial charge in [-0.05, 0) is 48.6 Å². The van der Waals surface area contributed by atoms with Crippen LogP contribution in [0.15, 0.2) is 47.4 Å². The number of carbonyl (C=O) groups excluding carboxylic acids is 2. The zero-order valence-corrected chi connectivity index (χ0v) is 19.7. The molecule has 0 aliphatic carbocycles. The van der Waals surface area contributed by atoms with Crippen LogP contribution in [0.1, 0.15) is 55.8 Å². The van der Waals surface area contributed by atoms with Gasteiger partial charge >= 0.3 is 0 Å². The summed E-state index contributed by atoms with van der Waals surface area (Å²) in [6, 6.07) is 12.0. The number of fused-ring (bicyclic) bond motifs is 1. The number of nitrogens with one attached hydrogen (secondary N) is 2. The Bertz CT molecular complexity index is 1100. The van der Waals surface area contributed by atoms with Crippen molar-refractivity contribution in [2.75, 3.05) is 18.4 Å². The van der Waals surface area contributed by atoms with Crippen molar-refractivity contribution in [2.24, 2.45) is 0 Å². The van der Waals surface area contributed by atoms with Gasteiger partial charge in [-0.2, -0.15) is 4.31 Å². The van der Waals surface area contributed by atoms with Gasteiger partial charge in [0.2, 0.25) is 21.8 Å². The molecule has 2 aromatic rings. The number of hydrogen-bond donors (Lipinski definition) is 2. The first-order chi connectivity index (χ1) is 15.2. The number of nitrogens with zero attached hydrogens (tertiary/aromatic N) is 1. The molecule has 1 aliphatic heterocycles. The lowest BCUT2D eigenvalue weighted by atomic mass is 9.92. The van der Waals surface area contributed by atoms with Gasteiger partial charge in [0.05, 0.1) is 11.7 Å². The first-order valence-corrected chi connectivity index (χ1v) is 12.4. The molecule has 0 aromatic heterocycles. The normalized spacial score (nSPS) is 16.3. The Kier molecular flexibility index (Phi) is 7.69. The van der Waals surface area contributed by atoms with Crippen molar-refractivity contribution >= 4 is 27.5 Å². The molecule has 1 aliphatic rings. The Morgan fingerprint density at radius 1 is 1.16 bits per heavy atom. The van der Waals surface area contributed by atoms with E-state index >= 15 is 0 Å². The van der Waals surface area contributed by atoms with Crippen molar-refractivity contribution < 1.29 is 18.0 Å².